The number of rotatable bonds is 2. The molecule has 0 radical (unpaired) electrons. The predicted molar refractivity (Wildman–Crippen MR) is 86.1 cm³/mol. The third kappa shape index (κ3) is 4.42. The van der Waals surface area contributed by atoms with Gasteiger partial charge in [-0.3, -0.25) is 0 Å². The van der Waals surface area contributed by atoms with Crippen LogP contribution in [0.2, 0.25) is 39.3 Å². The van der Waals surface area contributed by atoms with Gasteiger partial charge in [-0.1, -0.05) is 50.9 Å². The minimum Gasteiger partial charge on any atom is -0.362 e. The summed E-state index contributed by atoms with van der Waals surface area (Å²) in [7, 11) is -0.712. The summed E-state index contributed by atoms with van der Waals surface area (Å²) in [5.41, 5.74) is 7.20. The Bertz CT molecular complexity index is 387. The first-order chi connectivity index (χ1) is 8.08. The van der Waals surface area contributed by atoms with Crippen LogP contribution in [0.5, 0.6) is 0 Å². The molecule has 0 bridgehead atoms. The van der Waals surface area contributed by atoms with Gasteiger partial charge in [-0.25, -0.2) is 0 Å². The van der Waals surface area contributed by atoms with Crippen molar-refractivity contribution in [3.05, 3.63) is 11.3 Å². The number of methoxy groups -OCH3 is 1. The number of ether oxygens (including phenoxy) is 1. The largest absolute Gasteiger partial charge is 0.362 e. The molecule has 0 amide bonds. The monoisotopic (exact) mass is 280 g/mol. The topological polar surface area (TPSA) is 9.23 Å². The Morgan fingerprint density at radius 2 is 1.78 bits per heavy atom. The number of hydrogen-bond acceptors (Lipinski definition) is 1. The van der Waals surface area contributed by atoms with E-state index in [0.29, 0.717) is 0 Å². The lowest BCUT2D eigenvalue weighted by molar-refractivity contribution is 0.0781. The zero-order chi connectivity index (χ0) is 14.0. The summed E-state index contributed by atoms with van der Waals surface area (Å²) in [4.78, 5) is 0. The van der Waals surface area contributed by atoms with E-state index in [2.05, 4.69) is 56.4 Å². The molecule has 1 saturated carbocycles. The van der Waals surface area contributed by atoms with Gasteiger partial charge in [0.05, 0.1) is 8.07 Å². The normalized spacial score (nSPS) is 27.2. The molecule has 0 N–H and O–H groups in total. The Hall–Kier alpha value is -0.306. The fourth-order valence-electron chi connectivity index (χ4n) is 2.32. The average Bonchev–Trinajstić information content (AvgIpc) is 2.55. The van der Waals surface area contributed by atoms with Crippen LogP contribution in [0.4, 0.5) is 0 Å². The van der Waals surface area contributed by atoms with Crippen LogP contribution in [0.15, 0.2) is 11.3 Å². The summed E-state index contributed by atoms with van der Waals surface area (Å²) < 4.78 is 5.86. The molecule has 0 aromatic carbocycles. The molecule has 0 heterocycles. The average molecular weight is 281 g/mol. The van der Waals surface area contributed by atoms with Crippen LogP contribution in [0.25, 0.3) is 0 Å². The van der Waals surface area contributed by atoms with E-state index in [4.69, 9.17) is 4.74 Å². The standard InChI is InChI=1S/C15H28OSi2/c1-16-15(11-12-17(2,3)4)10-8-9-14(15)13-18(5,6)7/h13H,8-10H2,1-7H3/b14-13+. The Balaban J connectivity index is 3.13. The van der Waals surface area contributed by atoms with Crippen LogP contribution in [0.1, 0.15) is 19.3 Å². The molecular weight excluding hydrogens is 252 g/mol. The summed E-state index contributed by atoms with van der Waals surface area (Å²) in [5, 5.41) is 0. The fraction of sp³-hybridized carbons (Fsp3) is 0.733. The van der Waals surface area contributed by atoms with Gasteiger partial charge in [0.25, 0.3) is 0 Å². The van der Waals surface area contributed by atoms with Crippen molar-refractivity contribution in [1.29, 1.82) is 0 Å². The molecule has 1 fully saturated rings. The second-order valence-corrected chi connectivity index (χ2v) is 17.2. The van der Waals surface area contributed by atoms with Crippen molar-refractivity contribution < 1.29 is 4.74 Å². The van der Waals surface area contributed by atoms with E-state index in [0.717, 1.165) is 6.42 Å². The SMILES string of the molecule is COC1(C#C[Si](C)(C)C)CCC/C1=C\[Si](C)(C)C. The van der Waals surface area contributed by atoms with Crippen molar-refractivity contribution in [2.75, 3.05) is 7.11 Å². The third-order valence-electron chi connectivity index (χ3n) is 3.09. The Kier molecular flexibility index (Phi) is 4.69. The van der Waals surface area contributed by atoms with Crippen molar-refractivity contribution in [3.63, 3.8) is 0 Å². The molecule has 1 aliphatic rings. The van der Waals surface area contributed by atoms with Crippen LogP contribution in [-0.2, 0) is 4.74 Å². The first-order valence-electron chi connectivity index (χ1n) is 6.90. The molecule has 1 nitrogen and oxygen atoms in total. The highest BCUT2D eigenvalue weighted by molar-refractivity contribution is 6.84. The van der Waals surface area contributed by atoms with E-state index in [-0.39, 0.29) is 5.60 Å². The Labute approximate surface area is 115 Å². The summed E-state index contributed by atoms with van der Waals surface area (Å²) in [6.07, 6.45) is 3.44. The lowest BCUT2D eigenvalue weighted by atomic mass is 9.99. The summed E-state index contributed by atoms with van der Waals surface area (Å²) >= 11 is 0. The summed E-state index contributed by atoms with van der Waals surface area (Å²) in [6.45, 7) is 14.0. The van der Waals surface area contributed by atoms with Crippen molar-refractivity contribution in [2.45, 2.75) is 64.1 Å². The van der Waals surface area contributed by atoms with E-state index < -0.39 is 16.1 Å². The number of hydrogen-bond donors (Lipinski definition) is 0. The van der Waals surface area contributed by atoms with Gasteiger partial charge in [-0.05, 0) is 24.8 Å². The highest BCUT2D eigenvalue weighted by Gasteiger charge is 2.38. The molecule has 3 heteroatoms. The third-order valence-corrected chi connectivity index (χ3v) is 5.18. The molecule has 0 aromatic rings. The van der Waals surface area contributed by atoms with Crippen molar-refractivity contribution in [1.82, 2.24) is 0 Å². The van der Waals surface area contributed by atoms with Crippen molar-refractivity contribution in [2.24, 2.45) is 0 Å². The van der Waals surface area contributed by atoms with Crippen LogP contribution in [-0.4, -0.2) is 28.9 Å². The molecular formula is C15H28OSi2. The van der Waals surface area contributed by atoms with E-state index in [1.54, 1.807) is 0 Å². The van der Waals surface area contributed by atoms with E-state index in [1.807, 2.05) is 7.11 Å². The minimum atomic E-state index is -1.33. The fourth-order valence-corrected chi connectivity index (χ4v) is 4.32. The molecule has 1 unspecified atom stereocenters. The highest BCUT2D eigenvalue weighted by Crippen LogP contribution is 2.38. The highest BCUT2D eigenvalue weighted by atomic mass is 28.3. The van der Waals surface area contributed by atoms with Gasteiger partial charge in [0.2, 0.25) is 0 Å². The van der Waals surface area contributed by atoms with Crippen molar-refractivity contribution in [3.8, 4) is 11.5 Å². The van der Waals surface area contributed by atoms with Gasteiger partial charge in [0, 0.05) is 7.11 Å². The van der Waals surface area contributed by atoms with Gasteiger partial charge in [0.1, 0.15) is 13.7 Å². The van der Waals surface area contributed by atoms with Crippen molar-refractivity contribution >= 4 is 16.1 Å². The Morgan fingerprint density at radius 3 is 2.22 bits per heavy atom. The second kappa shape index (κ2) is 5.36. The Morgan fingerprint density at radius 1 is 1.17 bits per heavy atom. The van der Waals surface area contributed by atoms with Gasteiger partial charge in [-0.2, -0.15) is 0 Å². The zero-order valence-corrected chi connectivity index (χ0v) is 15.1. The molecule has 18 heavy (non-hydrogen) atoms. The molecule has 0 aromatic heterocycles. The van der Waals surface area contributed by atoms with E-state index in [9.17, 15) is 0 Å². The van der Waals surface area contributed by atoms with Crippen LogP contribution < -0.4 is 0 Å². The van der Waals surface area contributed by atoms with Gasteiger partial charge in [-0.15, -0.1) is 5.54 Å². The van der Waals surface area contributed by atoms with E-state index in [1.165, 1.54) is 18.4 Å². The molecule has 0 spiro atoms. The van der Waals surface area contributed by atoms with Gasteiger partial charge >= 0.3 is 0 Å². The predicted octanol–water partition coefficient (Wildman–Crippen LogP) is 4.24. The van der Waals surface area contributed by atoms with Crippen LogP contribution >= 0.6 is 0 Å². The second-order valence-electron chi connectivity index (χ2n) is 7.42. The maximum Gasteiger partial charge on any atom is 0.148 e. The molecule has 0 aliphatic heterocycles. The molecule has 0 saturated heterocycles. The van der Waals surface area contributed by atoms with Gasteiger partial charge < -0.3 is 4.74 Å². The maximum absolute atomic E-state index is 5.86. The smallest absolute Gasteiger partial charge is 0.148 e. The summed E-state index contributed by atoms with van der Waals surface area (Å²) in [5.74, 6) is 3.50. The lowest BCUT2D eigenvalue weighted by Gasteiger charge is -2.26. The summed E-state index contributed by atoms with van der Waals surface area (Å²) in [6, 6.07) is 0. The molecule has 102 valence electrons. The first-order valence-corrected chi connectivity index (χ1v) is 14.0. The van der Waals surface area contributed by atoms with E-state index >= 15 is 0 Å². The maximum atomic E-state index is 5.86. The zero-order valence-electron chi connectivity index (χ0n) is 13.1. The molecule has 1 aliphatic carbocycles. The first kappa shape index (κ1) is 15.8. The van der Waals surface area contributed by atoms with Gasteiger partial charge in [0.15, 0.2) is 0 Å². The van der Waals surface area contributed by atoms with Crippen LogP contribution in [0, 0.1) is 11.5 Å². The van der Waals surface area contributed by atoms with Crippen LogP contribution in [0.3, 0.4) is 0 Å². The molecule has 1 rings (SSSR count). The lowest BCUT2D eigenvalue weighted by Crippen LogP contribution is -2.31. The molecule has 1 atom stereocenters. The minimum absolute atomic E-state index is 0.263. The quantitative estimate of drug-likeness (QED) is 0.543.